The third-order valence-electron chi connectivity index (χ3n) is 3.38. The van der Waals surface area contributed by atoms with Crippen LogP contribution in [0.3, 0.4) is 0 Å². The van der Waals surface area contributed by atoms with Crippen molar-refractivity contribution in [3.8, 4) is 11.1 Å². The molecule has 19 heavy (non-hydrogen) atoms. The third-order valence-corrected chi connectivity index (χ3v) is 3.63. The smallest absolute Gasteiger partial charge is 0.220 e. The molecule has 1 aliphatic heterocycles. The van der Waals surface area contributed by atoms with E-state index >= 15 is 0 Å². The number of aromatic nitrogens is 2. The van der Waals surface area contributed by atoms with Crippen LogP contribution in [-0.4, -0.2) is 16.5 Å². The highest BCUT2D eigenvalue weighted by Gasteiger charge is 2.22. The number of hydrogen-bond donors (Lipinski definition) is 2. The molecular weight excluding hydrogens is 260 g/mol. The number of anilines is 1. The predicted octanol–water partition coefficient (Wildman–Crippen LogP) is 2.80. The molecule has 2 aromatic rings. The molecule has 0 amide bonds. The minimum atomic E-state index is 0.260. The van der Waals surface area contributed by atoms with Crippen molar-refractivity contribution in [1.82, 2.24) is 15.3 Å². The fraction of sp³-hybridized carbons (Fsp3) is 0.286. The maximum absolute atomic E-state index is 5.93. The molecule has 4 nitrogen and oxygen atoms in total. The molecule has 2 heterocycles. The second kappa shape index (κ2) is 5.15. The van der Waals surface area contributed by atoms with Crippen molar-refractivity contribution in [2.45, 2.75) is 18.9 Å². The van der Waals surface area contributed by atoms with Gasteiger partial charge in [0.2, 0.25) is 5.95 Å². The van der Waals surface area contributed by atoms with Crippen molar-refractivity contribution in [1.29, 1.82) is 0 Å². The molecule has 0 radical (unpaired) electrons. The van der Waals surface area contributed by atoms with Gasteiger partial charge in [0.25, 0.3) is 0 Å². The number of nitrogens with zero attached hydrogens (tertiary/aromatic N) is 2. The second-order valence-electron chi connectivity index (χ2n) is 4.68. The maximum atomic E-state index is 5.93. The van der Waals surface area contributed by atoms with Crippen LogP contribution < -0.4 is 11.1 Å². The van der Waals surface area contributed by atoms with E-state index < -0.39 is 0 Å². The van der Waals surface area contributed by atoms with Gasteiger partial charge in [0.1, 0.15) is 0 Å². The molecule has 5 heteroatoms. The first-order chi connectivity index (χ1) is 9.24. The van der Waals surface area contributed by atoms with Crippen LogP contribution >= 0.6 is 11.6 Å². The molecule has 0 spiro atoms. The van der Waals surface area contributed by atoms with E-state index in [0.717, 1.165) is 41.2 Å². The monoisotopic (exact) mass is 274 g/mol. The van der Waals surface area contributed by atoms with Gasteiger partial charge in [0, 0.05) is 16.8 Å². The largest absolute Gasteiger partial charge is 0.368 e. The molecule has 1 aromatic carbocycles. The van der Waals surface area contributed by atoms with E-state index in [0.29, 0.717) is 5.95 Å². The Labute approximate surface area is 117 Å². The van der Waals surface area contributed by atoms with Crippen LogP contribution in [0.1, 0.15) is 24.6 Å². The first-order valence-electron chi connectivity index (χ1n) is 6.36. The minimum Gasteiger partial charge on any atom is -0.368 e. The van der Waals surface area contributed by atoms with Crippen molar-refractivity contribution in [3.05, 3.63) is 41.2 Å². The van der Waals surface area contributed by atoms with Gasteiger partial charge in [-0.05, 0) is 37.1 Å². The van der Waals surface area contributed by atoms with Crippen molar-refractivity contribution in [2.24, 2.45) is 0 Å². The summed E-state index contributed by atoms with van der Waals surface area (Å²) in [6.07, 6.45) is 4.03. The Morgan fingerprint density at radius 1 is 1.26 bits per heavy atom. The minimum absolute atomic E-state index is 0.260. The molecule has 1 aliphatic rings. The quantitative estimate of drug-likeness (QED) is 0.884. The van der Waals surface area contributed by atoms with Gasteiger partial charge in [-0.25, -0.2) is 9.97 Å². The lowest BCUT2D eigenvalue weighted by atomic mass is 10.0. The lowest BCUT2D eigenvalue weighted by Crippen LogP contribution is -2.16. The van der Waals surface area contributed by atoms with Gasteiger partial charge in [-0.2, -0.15) is 0 Å². The van der Waals surface area contributed by atoms with Crippen LogP contribution in [0, 0.1) is 0 Å². The van der Waals surface area contributed by atoms with Crippen LogP contribution in [0.2, 0.25) is 5.02 Å². The van der Waals surface area contributed by atoms with Crippen LogP contribution in [-0.2, 0) is 0 Å². The zero-order valence-corrected chi connectivity index (χ0v) is 11.2. The Balaban J connectivity index is 2.06. The first kappa shape index (κ1) is 12.4. The summed E-state index contributed by atoms with van der Waals surface area (Å²) < 4.78 is 0. The number of rotatable bonds is 2. The van der Waals surface area contributed by atoms with Gasteiger partial charge in [-0.1, -0.05) is 23.7 Å². The van der Waals surface area contributed by atoms with E-state index in [2.05, 4.69) is 15.3 Å². The van der Waals surface area contributed by atoms with Gasteiger partial charge >= 0.3 is 0 Å². The summed E-state index contributed by atoms with van der Waals surface area (Å²) in [5.41, 5.74) is 8.79. The maximum Gasteiger partial charge on any atom is 0.220 e. The molecule has 1 atom stereocenters. The van der Waals surface area contributed by atoms with E-state index in [1.54, 1.807) is 6.20 Å². The van der Waals surface area contributed by atoms with Crippen molar-refractivity contribution >= 4 is 17.5 Å². The van der Waals surface area contributed by atoms with Crippen molar-refractivity contribution in [3.63, 3.8) is 0 Å². The summed E-state index contributed by atoms with van der Waals surface area (Å²) in [5.74, 6) is 0.321. The van der Waals surface area contributed by atoms with Crippen molar-refractivity contribution in [2.75, 3.05) is 12.3 Å². The summed E-state index contributed by atoms with van der Waals surface area (Å²) >= 11 is 5.93. The lowest BCUT2D eigenvalue weighted by molar-refractivity contribution is 0.629. The standard InChI is InChI=1S/C14H15ClN4/c15-10-5-3-9(4-6-10)11-8-18-14(16)19-13(11)12-2-1-7-17-12/h3-6,8,12,17H,1-2,7H2,(H2,16,18,19)/t12-/m0/s1. The lowest BCUT2D eigenvalue weighted by Gasteiger charge is -2.15. The summed E-state index contributed by atoms with van der Waals surface area (Å²) in [4.78, 5) is 8.54. The van der Waals surface area contributed by atoms with Gasteiger partial charge in [-0.3, -0.25) is 0 Å². The molecule has 3 N–H and O–H groups in total. The summed E-state index contributed by atoms with van der Waals surface area (Å²) in [6, 6.07) is 7.97. The van der Waals surface area contributed by atoms with Gasteiger partial charge in [0.05, 0.1) is 11.7 Å². The van der Waals surface area contributed by atoms with E-state index in [1.165, 1.54) is 0 Å². The highest BCUT2D eigenvalue weighted by molar-refractivity contribution is 6.30. The zero-order valence-electron chi connectivity index (χ0n) is 10.4. The number of nitrogen functional groups attached to an aromatic ring is 1. The predicted molar refractivity (Wildman–Crippen MR) is 76.9 cm³/mol. The van der Waals surface area contributed by atoms with E-state index in [-0.39, 0.29) is 6.04 Å². The zero-order chi connectivity index (χ0) is 13.2. The SMILES string of the molecule is Nc1ncc(-c2ccc(Cl)cc2)c([C@@H]2CCCN2)n1. The fourth-order valence-corrected chi connectivity index (χ4v) is 2.57. The number of benzene rings is 1. The Morgan fingerprint density at radius 3 is 2.74 bits per heavy atom. The second-order valence-corrected chi connectivity index (χ2v) is 5.12. The molecule has 0 bridgehead atoms. The molecule has 98 valence electrons. The molecular formula is C14H15ClN4. The number of hydrogen-bond acceptors (Lipinski definition) is 4. The summed E-state index contributed by atoms with van der Waals surface area (Å²) in [6.45, 7) is 1.02. The molecule has 3 rings (SSSR count). The summed E-state index contributed by atoms with van der Waals surface area (Å²) in [7, 11) is 0. The molecule has 1 aromatic heterocycles. The van der Waals surface area contributed by atoms with Gasteiger partial charge in [-0.15, -0.1) is 0 Å². The average molecular weight is 275 g/mol. The molecule has 0 aliphatic carbocycles. The molecule has 0 saturated carbocycles. The van der Waals surface area contributed by atoms with Crippen molar-refractivity contribution < 1.29 is 0 Å². The van der Waals surface area contributed by atoms with Gasteiger partial charge in [0.15, 0.2) is 0 Å². The third kappa shape index (κ3) is 2.55. The first-order valence-corrected chi connectivity index (χ1v) is 6.73. The highest BCUT2D eigenvalue weighted by Crippen LogP contribution is 2.31. The highest BCUT2D eigenvalue weighted by atomic mass is 35.5. The molecule has 1 saturated heterocycles. The Kier molecular flexibility index (Phi) is 3.36. The fourth-order valence-electron chi connectivity index (χ4n) is 2.44. The van der Waals surface area contributed by atoms with Crippen LogP contribution in [0.15, 0.2) is 30.5 Å². The Morgan fingerprint density at radius 2 is 2.05 bits per heavy atom. The van der Waals surface area contributed by atoms with Crippen LogP contribution in [0.4, 0.5) is 5.95 Å². The Hall–Kier alpha value is -1.65. The van der Waals surface area contributed by atoms with Gasteiger partial charge < -0.3 is 11.1 Å². The van der Waals surface area contributed by atoms with Crippen LogP contribution in [0.5, 0.6) is 0 Å². The number of nitrogens with two attached hydrogens (primary N) is 1. The normalized spacial score (nSPS) is 18.7. The number of halogens is 1. The van der Waals surface area contributed by atoms with E-state index in [9.17, 15) is 0 Å². The van der Waals surface area contributed by atoms with E-state index in [1.807, 2.05) is 24.3 Å². The number of nitrogens with one attached hydrogen (secondary N) is 1. The summed E-state index contributed by atoms with van der Waals surface area (Å²) in [5, 5.41) is 4.17. The molecule has 1 fully saturated rings. The average Bonchev–Trinajstić information content (AvgIpc) is 2.94. The Bertz CT molecular complexity index is 576. The van der Waals surface area contributed by atoms with E-state index in [4.69, 9.17) is 17.3 Å². The van der Waals surface area contributed by atoms with Crippen LogP contribution in [0.25, 0.3) is 11.1 Å². The molecule has 0 unspecified atom stereocenters. The topological polar surface area (TPSA) is 63.8 Å².